The summed E-state index contributed by atoms with van der Waals surface area (Å²) in [7, 11) is 1.64. The number of hydrogen-bond acceptors (Lipinski definition) is 3. The van der Waals surface area contributed by atoms with Crippen LogP contribution in [0.4, 0.5) is 5.69 Å². The summed E-state index contributed by atoms with van der Waals surface area (Å²) in [5, 5.41) is 0. The number of rotatable bonds is 7. The van der Waals surface area contributed by atoms with Gasteiger partial charge in [-0.25, -0.2) is 0 Å². The molecule has 0 radical (unpaired) electrons. The van der Waals surface area contributed by atoms with Gasteiger partial charge in [0.2, 0.25) is 11.8 Å². The van der Waals surface area contributed by atoms with Crippen molar-refractivity contribution < 1.29 is 14.3 Å². The van der Waals surface area contributed by atoms with Gasteiger partial charge in [0.1, 0.15) is 0 Å². The number of nitrogens with zero attached hydrogens (tertiary/aromatic N) is 2. The van der Waals surface area contributed by atoms with Gasteiger partial charge in [0.05, 0.1) is 12.5 Å². The number of carbonyl (C=O) groups is 2. The SMILES string of the molecule is COCCN(CC(C)C)C(=O)C1CC(=O)N(c2ccc(C)cc2)C1. The van der Waals surface area contributed by atoms with Gasteiger partial charge in [-0.2, -0.15) is 0 Å². The molecule has 1 atom stereocenters. The summed E-state index contributed by atoms with van der Waals surface area (Å²) < 4.78 is 5.12. The van der Waals surface area contributed by atoms with E-state index in [0.29, 0.717) is 32.2 Å². The normalized spacial score (nSPS) is 17.6. The van der Waals surface area contributed by atoms with Crippen molar-refractivity contribution in [3.8, 4) is 0 Å². The molecule has 0 aromatic heterocycles. The van der Waals surface area contributed by atoms with Crippen molar-refractivity contribution in [2.24, 2.45) is 11.8 Å². The molecule has 1 unspecified atom stereocenters. The number of anilines is 1. The van der Waals surface area contributed by atoms with Gasteiger partial charge in [-0.05, 0) is 25.0 Å². The molecule has 24 heavy (non-hydrogen) atoms. The Bertz CT molecular complexity index is 568. The standard InChI is InChI=1S/C19H28N2O3/c1-14(2)12-20(9-10-24-4)19(23)16-11-18(22)21(13-16)17-7-5-15(3)6-8-17/h5-8,14,16H,9-13H2,1-4H3. The molecule has 2 rings (SSSR count). The Morgan fingerprint density at radius 3 is 2.58 bits per heavy atom. The minimum absolute atomic E-state index is 0.0217. The molecule has 0 saturated carbocycles. The number of hydrogen-bond donors (Lipinski definition) is 0. The number of methoxy groups -OCH3 is 1. The molecule has 0 aliphatic carbocycles. The molecule has 0 bridgehead atoms. The second-order valence-corrected chi connectivity index (χ2v) is 6.91. The van der Waals surface area contributed by atoms with E-state index in [1.807, 2.05) is 36.1 Å². The third-order valence-corrected chi connectivity index (χ3v) is 4.28. The monoisotopic (exact) mass is 332 g/mol. The van der Waals surface area contributed by atoms with Crippen molar-refractivity contribution in [1.82, 2.24) is 4.90 Å². The van der Waals surface area contributed by atoms with Crippen LogP contribution in [0.3, 0.4) is 0 Å². The lowest BCUT2D eigenvalue weighted by Gasteiger charge is -2.27. The molecule has 1 aromatic rings. The largest absolute Gasteiger partial charge is 0.383 e. The molecule has 132 valence electrons. The molecule has 1 aliphatic rings. The van der Waals surface area contributed by atoms with E-state index in [4.69, 9.17) is 4.74 Å². The summed E-state index contributed by atoms with van der Waals surface area (Å²) in [6, 6.07) is 7.86. The maximum absolute atomic E-state index is 12.9. The summed E-state index contributed by atoms with van der Waals surface area (Å²) in [6.45, 7) is 8.43. The van der Waals surface area contributed by atoms with Crippen molar-refractivity contribution in [3.05, 3.63) is 29.8 Å². The molecule has 5 heteroatoms. The van der Waals surface area contributed by atoms with E-state index < -0.39 is 0 Å². The van der Waals surface area contributed by atoms with Crippen LogP contribution in [0.2, 0.25) is 0 Å². The van der Waals surface area contributed by atoms with Crippen LogP contribution in [-0.4, -0.2) is 50.1 Å². The van der Waals surface area contributed by atoms with Crippen LogP contribution in [0.15, 0.2) is 24.3 Å². The Labute approximate surface area is 144 Å². The minimum atomic E-state index is -0.269. The molecular formula is C19H28N2O3. The summed E-state index contributed by atoms with van der Waals surface area (Å²) in [5.74, 6) is 0.197. The Balaban J connectivity index is 2.07. The molecule has 1 aromatic carbocycles. The van der Waals surface area contributed by atoms with Gasteiger partial charge in [-0.15, -0.1) is 0 Å². The second-order valence-electron chi connectivity index (χ2n) is 6.91. The van der Waals surface area contributed by atoms with E-state index in [9.17, 15) is 9.59 Å². The van der Waals surface area contributed by atoms with Crippen LogP contribution in [0.5, 0.6) is 0 Å². The fraction of sp³-hybridized carbons (Fsp3) is 0.579. The summed E-state index contributed by atoms with van der Waals surface area (Å²) in [4.78, 5) is 28.8. The molecular weight excluding hydrogens is 304 g/mol. The topological polar surface area (TPSA) is 49.9 Å². The fourth-order valence-corrected chi connectivity index (χ4v) is 3.04. The molecule has 5 nitrogen and oxygen atoms in total. The zero-order valence-corrected chi connectivity index (χ0v) is 15.1. The van der Waals surface area contributed by atoms with E-state index in [1.165, 1.54) is 0 Å². The van der Waals surface area contributed by atoms with Crippen LogP contribution in [0, 0.1) is 18.8 Å². The minimum Gasteiger partial charge on any atom is -0.383 e. The number of amides is 2. The summed E-state index contributed by atoms with van der Waals surface area (Å²) in [5.41, 5.74) is 2.02. The van der Waals surface area contributed by atoms with Gasteiger partial charge >= 0.3 is 0 Å². The van der Waals surface area contributed by atoms with Crippen LogP contribution in [0.25, 0.3) is 0 Å². The van der Waals surface area contributed by atoms with Crippen molar-refractivity contribution >= 4 is 17.5 Å². The predicted octanol–water partition coefficient (Wildman–Crippen LogP) is 2.48. The predicted molar refractivity (Wildman–Crippen MR) is 94.9 cm³/mol. The average Bonchev–Trinajstić information content (AvgIpc) is 2.93. The fourth-order valence-electron chi connectivity index (χ4n) is 3.04. The first-order chi connectivity index (χ1) is 11.4. The van der Waals surface area contributed by atoms with E-state index in [0.717, 1.165) is 11.3 Å². The van der Waals surface area contributed by atoms with Gasteiger partial charge < -0.3 is 14.5 Å². The van der Waals surface area contributed by atoms with E-state index in [2.05, 4.69) is 13.8 Å². The van der Waals surface area contributed by atoms with Gasteiger partial charge in [0.15, 0.2) is 0 Å². The maximum atomic E-state index is 12.9. The van der Waals surface area contributed by atoms with E-state index >= 15 is 0 Å². The molecule has 1 aliphatic heterocycles. The third-order valence-electron chi connectivity index (χ3n) is 4.28. The van der Waals surface area contributed by atoms with Crippen LogP contribution < -0.4 is 4.90 Å². The Morgan fingerprint density at radius 2 is 2.00 bits per heavy atom. The molecule has 1 heterocycles. The molecule has 1 saturated heterocycles. The third kappa shape index (κ3) is 4.57. The van der Waals surface area contributed by atoms with Gasteiger partial charge in [-0.1, -0.05) is 31.5 Å². The first kappa shape index (κ1) is 18.5. The van der Waals surface area contributed by atoms with Gasteiger partial charge in [0, 0.05) is 38.9 Å². The van der Waals surface area contributed by atoms with Gasteiger partial charge in [0.25, 0.3) is 0 Å². The molecule has 0 N–H and O–H groups in total. The molecule has 0 spiro atoms. The smallest absolute Gasteiger partial charge is 0.228 e. The number of benzene rings is 1. The lowest BCUT2D eigenvalue weighted by Crippen LogP contribution is -2.41. The number of aryl methyl sites for hydroxylation is 1. The Kier molecular flexibility index (Phi) is 6.37. The first-order valence-electron chi connectivity index (χ1n) is 8.57. The highest BCUT2D eigenvalue weighted by Gasteiger charge is 2.37. The summed E-state index contributed by atoms with van der Waals surface area (Å²) >= 11 is 0. The average molecular weight is 332 g/mol. The molecule has 2 amide bonds. The van der Waals surface area contributed by atoms with Crippen LogP contribution in [0.1, 0.15) is 25.8 Å². The number of ether oxygens (including phenoxy) is 1. The zero-order chi connectivity index (χ0) is 17.7. The summed E-state index contributed by atoms with van der Waals surface area (Å²) in [6.07, 6.45) is 0.286. The van der Waals surface area contributed by atoms with E-state index in [1.54, 1.807) is 12.0 Å². The van der Waals surface area contributed by atoms with Crippen molar-refractivity contribution in [2.45, 2.75) is 27.2 Å². The van der Waals surface area contributed by atoms with Crippen molar-refractivity contribution in [1.29, 1.82) is 0 Å². The lowest BCUT2D eigenvalue weighted by atomic mass is 10.1. The molecule has 1 fully saturated rings. The highest BCUT2D eigenvalue weighted by atomic mass is 16.5. The Morgan fingerprint density at radius 1 is 1.33 bits per heavy atom. The highest BCUT2D eigenvalue weighted by Crippen LogP contribution is 2.26. The quantitative estimate of drug-likeness (QED) is 0.771. The first-order valence-corrected chi connectivity index (χ1v) is 8.57. The van der Waals surface area contributed by atoms with Crippen molar-refractivity contribution in [2.75, 3.05) is 38.3 Å². The van der Waals surface area contributed by atoms with Crippen LogP contribution in [-0.2, 0) is 14.3 Å². The zero-order valence-electron chi connectivity index (χ0n) is 15.1. The van der Waals surface area contributed by atoms with Crippen LogP contribution >= 0.6 is 0 Å². The lowest BCUT2D eigenvalue weighted by molar-refractivity contribution is -0.137. The van der Waals surface area contributed by atoms with Gasteiger partial charge in [-0.3, -0.25) is 9.59 Å². The highest BCUT2D eigenvalue weighted by molar-refractivity contribution is 6.00. The number of carbonyl (C=O) groups excluding carboxylic acids is 2. The second kappa shape index (κ2) is 8.29. The van der Waals surface area contributed by atoms with E-state index in [-0.39, 0.29) is 24.2 Å². The maximum Gasteiger partial charge on any atom is 0.228 e. The van der Waals surface area contributed by atoms with Crippen molar-refractivity contribution in [3.63, 3.8) is 0 Å². The Hall–Kier alpha value is -1.88.